The monoisotopic (exact) mass is 975 g/mol. The number of allylic oxidation sites excluding steroid dienone is 4. The van der Waals surface area contributed by atoms with Crippen LogP contribution in [0, 0.1) is 0 Å². The third-order valence-electron chi connectivity index (χ3n) is 14.4. The predicted molar refractivity (Wildman–Crippen MR) is 301 cm³/mol. The molecule has 0 heterocycles. The first kappa shape index (κ1) is 59.4. The van der Waals surface area contributed by atoms with E-state index in [1.54, 1.807) is 0 Å². The zero-order valence-electron chi connectivity index (χ0n) is 45.1. The van der Waals surface area contributed by atoms with Gasteiger partial charge >= 0.3 is 17.9 Å². The molecule has 0 aromatic heterocycles. The molecule has 4 aromatic rings. The normalized spacial score (nSPS) is 12.3. The lowest BCUT2D eigenvalue weighted by Gasteiger charge is -2.18. The van der Waals surface area contributed by atoms with Crippen LogP contribution in [0.4, 0.5) is 0 Å². The van der Waals surface area contributed by atoms with Gasteiger partial charge < -0.3 is 14.2 Å². The molecule has 0 amide bonds. The molecule has 0 fully saturated rings. The van der Waals surface area contributed by atoms with Crippen molar-refractivity contribution < 1.29 is 28.6 Å². The molecular formula is C65H98O6. The van der Waals surface area contributed by atoms with E-state index in [4.69, 9.17) is 14.2 Å². The van der Waals surface area contributed by atoms with E-state index >= 15 is 0 Å². The molecule has 394 valence electrons. The fourth-order valence-electron chi connectivity index (χ4n) is 10.0. The molecular weight excluding hydrogens is 877 g/mol. The maximum atomic E-state index is 12.9. The van der Waals surface area contributed by atoms with E-state index in [0.717, 1.165) is 89.9 Å². The van der Waals surface area contributed by atoms with Crippen LogP contribution >= 0.6 is 0 Å². The van der Waals surface area contributed by atoms with Crippen molar-refractivity contribution in [3.05, 3.63) is 84.5 Å². The third kappa shape index (κ3) is 26.4. The van der Waals surface area contributed by atoms with Gasteiger partial charge in [0, 0.05) is 19.3 Å². The summed E-state index contributed by atoms with van der Waals surface area (Å²) in [6, 6.07) is 20.3. The van der Waals surface area contributed by atoms with Gasteiger partial charge in [-0.25, -0.2) is 0 Å². The lowest BCUT2D eigenvalue weighted by atomic mass is 9.90. The quantitative estimate of drug-likeness (QED) is 0.0144. The van der Waals surface area contributed by atoms with Crippen LogP contribution in [0.3, 0.4) is 0 Å². The van der Waals surface area contributed by atoms with Crippen LogP contribution < -0.4 is 0 Å². The van der Waals surface area contributed by atoms with E-state index in [-0.39, 0.29) is 31.1 Å². The molecule has 0 saturated heterocycles. The second-order valence-electron chi connectivity index (χ2n) is 20.7. The van der Waals surface area contributed by atoms with Crippen LogP contribution in [-0.4, -0.2) is 37.2 Å². The summed E-state index contributed by atoms with van der Waals surface area (Å²) in [5, 5.41) is 8.12. The van der Waals surface area contributed by atoms with E-state index in [2.05, 4.69) is 92.7 Å². The van der Waals surface area contributed by atoms with E-state index in [1.807, 2.05) is 0 Å². The van der Waals surface area contributed by atoms with Crippen LogP contribution in [-0.2, 0) is 35.0 Å². The molecule has 6 heteroatoms. The highest BCUT2D eigenvalue weighted by Gasteiger charge is 2.20. The molecule has 0 aliphatic rings. The van der Waals surface area contributed by atoms with Gasteiger partial charge in [0.2, 0.25) is 0 Å². The Morgan fingerprint density at radius 1 is 0.394 bits per heavy atom. The summed E-state index contributed by atoms with van der Waals surface area (Å²) in [6.45, 7) is 4.34. The lowest BCUT2D eigenvalue weighted by Crippen LogP contribution is -2.30. The maximum absolute atomic E-state index is 12.9. The van der Waals surface area contributed by atoms with Gasteiger partial charge in [-0.15, -0.1) is 0 Å². The molecule has 0 radical (unpaired) electrons. The first-order chi connectivity index (χ1) is 35.0. The minimum Gasteiger partial charge on any atom is -0.462 e. The molecule has 71 heavy (non-hydrogen) atoms. The molecule has 1 atom stereocenters. The first-order valence-corrected chi connectivity index (χ1v) is 29.5. The van der Waals surface area contributed by atoms with E-state index in [1.165, 1.54) is 166 Å². The second-order valence-corrected chi connectivity index (χ2v) is 20.7. The minimum absolute atomic E-state index is 0.0913. The Morgan fingerprint density at radius 2 is 0.761 bits per heavy atom. The van der Waals surface area contributed by atoms with Crippen molar-refractivity contribution >= 4 is 50.2 Å². The van der Waals surface area contributed by atoms with E-state index < -0.39 is 6.10 Å². The Hall–Kier alpha value is -4.19. The summed E-state index contributed by atoms with van der Waals surface area (Å²) < 4.78 is 17.0. The van der Waals surface area contributed by atoms with Crippen molar-refractivity contribution in [1.29, 1.82) is 0 Å². The molecule has 4 rings (SSSR count). The Balaban J connectivity index is 1.06. The van der Waals surface area contributed by atoms with Crippen LogP contribution in [0.25, 0.3) is 32.3 Å². The number of rotatable bonds is 45. The largest absolute Gasteiger partial charge is 0.462 e. The summed E-state index contributed by atoms with van der Waals surface area (Å²) >= 11 is 0. The number of aryl methyl sites for hydroxylation is 1. The highest BCUT2D eigenvalue weighted by molar-refractivity contribution is 6.23. The number of benzene rings is 4. The second kappa shape index (κ2) is 39.4. The van der Waals surface area contributed by atoms with Gasteiger partial charge in [-0.05, 0) is 121 Å². The van der Waals surface area contributed by atoms with E-state index in [0.29, 0.717) is 19.3 Å². The van der Waals surface area contributed by atoms with Crippen molar-refractivity contribution in [2.24, 2.45) is 0 Å². The summed E-state index contributed by atoms with van der Waals surface area (Å²) in [7, 11) is 0. The Bertz CT molecular complexity index is 2030. The number of hydrogen-bond acceptors (Lipinski definition) is 6. The standard InChI is InChI=1S/C65H98O6/c1-3-5-7-9-11-13-15-17-19-21-23-25-29-33-37-44-61(66)69-53-59(71-63(68)46-39-35-30-26-24-22-20-18-16-14-12-10-8-6-4-2)54-70-62(67)45-38-34-31-27-28-32-36-41-55-47-48-58-50-49-56-42-40-43-57-51-52-60(55)65(58)64(56)57/h17-20,40,42-43,47-52,59H,3-16,21-39,41,44-46,53-54H2,1-2H3. The average molecular weight is 975 g/mol. The highest BCUT2D eigenvalue weighted by atomic mass is 16.6. The smallest absolute Gasteiger partial charge is 0.306 e. The van der Waals surface area contributed by atoms with Crippen LogP contribution in [0.1, 0.15) is 251 Å². The summed E-state index contributed by atoms with van der Waals surface area (Å²) in [4.78, 5) is 38.4. The number of carbonyl (C=O) groups excluding carboxylic acids is 3. The Labute approximate surface area is 432 Å². The molecule has 6 nitrogen and oxygen atoms in total. The predicted octanol–water partition coefficient (Wildman–Crippen LogP) is 19.3. The molecule has 4 aromatic carbocycles. The zero-order chi connectivity index (χ0) is 50.2. The number of unbranched alkanes of at least 4 members (excludes halogenated alkanes) is 28. The summed E-state index contributed by atoms with van der Waals surface area (Å²) in [5.74, 6) is -0.913. The Morgan fingerprint density at radius 3 is 1.23 bits per heavy atom. The van der Waals surface area contributed by atoms with Gasteiger partial charge in [0.15, 0.2) is 6.10 Å². The summed E-state index contributed by atoms with van der Waals surface area (Å²) in [5.41, 5.74) is 1.44. The molecule has 0 aliphatic carbocycles. The van der Waals surface area contributed by atoms with Crippen molar-refractivity contribution in [2.45, 2.75) is 258 Å². The molecule has 1 unspecified atom stereocenters. The lowest BCUT2D eigenvalue weighted by molar-refractivity contribution is -0.167. The number of hydrogen-bond donors (Lipinski definition) is 0. The van der Waals surface area contributed by atoms with Gasteiger partial charge in [-0.1, -0.05) is 228 Å². The fourth-order valence-corrected chi connectivity index (χ4v) is 10.0. The van der Waals surface area contributed by atoms with Gasteiger partial charge in [0.1, 0.15) is 13.2 Å². The highest BCUT2D eigenvalue weighted by Crippen LogP contribution is 2.36. The maximum Gasteiger partial charge on any atom is 0.306 e. The van der Waals surface area contributed by atoms with Crippen LogP contribution in [0.5, 0.6) is 0 Å². The molecule has 0 bridgehead atoms. The van der Waals surface area contributed by atoms with Crippen molar-refractivity contribution in [1.82, 2.24) is 0 Å². The molecule has 0 saturated carbocycles. The van der Waals surface area contributed by atoms with Gasteiger partial charge in [-0.3, -0.25) is 14.4 Å². The van der Waals surface area contributed by atoms with E-state index in [9.17, 15) is 14.4 Å². The minimum atomic E-state index is -0.797. The van der Waals surface area contributed by atoms with Crippen LogP contribution in [0.15, 0.2) is 78.9 Å². The summed E-state index contributed by atoms with van der Waals surface area (Å²) in [6.07, 6.45) is 49.3. The molecule has 0 aliphatic heterocycles. The van der Waals surface area contributed by atoms with Gasteiger partial charge in [0.05, 0.1) is 0 Å². The zero-order valence-corrected chi connectivity index (χ0v) is 45.1. The average Bonchev–Trinajstić information content (AvgIpc) is 3.38. The van der Waals surface area contributed by atoms with Crippen molar-refractivity contribution in [2.75, 3.05) is 13.2 Å². The van der Waals surface area contributed by atoms with Crippen LogP contribution in [0.2, 0.25) is 0 Å². The SMILES string of the molecule is CCCCCCCCC=CCCCCCCCC(=O)OCC(COC(=O)CCCCCCCCCc1ccc2ccc3cccc4ccc1c2c34)OC(=O)CCCCCCCC=CCCCCCCCC. The van der Waals surface area contributed by atoms with Gasteiger partial charge in [0.25, 0.3) is 0 Å². The third-order valence-corrected chi connectivity index (χ3v) is 14.4. The fraction of sp³-hybridized carbons (Fsp3) is 0.646. The van der Waals surface area contributed by atoms with Crippen molar-refractivity contribution in [3.63, 3.8) is 0 Å². The first-order valence-electron chi connectivity index (χ1n) is 29.5. The number of ether oxygens (including phenoxy) is 3. The Kier molecular flexibility index (Phi) is 32.9. The molecule has 0 spiro atoms. The van der Waals surface area contributed by atoms with Crippen molar-refractivity contribution in [3.8, 4) is 0 Å². The topological polar surface area (TPSA) is 78.9 Å². The number of esters is 3. The molecule has 0 N–H and O–H groups in total. The van der Waals surface area contributed by atoms with Gasteiger partial charge in [-0.2, -0.15) is 0 Å². The number of carbonyl (C=O) groups is 3.